The Balaban J connectivity index is 1.78. The van der Waals surface area contributed by atoms with Gasteiger partial charge in [-0.25, -0.2) is 9.78 Å². The van der Waals surface area contributed by atoms with Crippen LogP contribution in [0.3, 0.4) is 0 Å². The fraction of sp³-hybridized carbons (Fsp3) is 0.0500. The number of aromatic nitrogens is 1. The second-order valence-electron chi connectivity index (χ2n) is 5.30. The van der Waals surface area contributed by atoms with E-state index in [1.807, 2.05) is 42.5 Å². The van der Waals surface area contributed by atoms with E-state index in [1.165, 1.54) is 24.5 Å². The van der Waals surface area contributed by atoms with Crippen LogP contribution in [0, 0.1) is 0 Å². The summed E-state index contributed by atoms with van der Waals surface area (Å²) in [6.45, 7) is 0. The lowest BCUT2D eigenvalue weighted by atomic mass is 10.1. The van der Waals surface area contributed by atoms with E-state index in [-0.39, 0.29) is 5.91 Å². The number of amides is 1. The number of carbonyl (C=O) groups excluding carboxylic acids is 2. The van der Waals surface area contributed by atoms with Crippen LogP contribution in [0.5, 0.6) is 0 Å². The van der Waals surface area contributed by atoms with Crippen LogP contribution in [0.1, 0.15) is 16.1 Å². The topological polar surface area (TPSA) is 68.3 Å². The van der Waals surface area contributed by atoms with Crippen molar-refractivity contribution in [3.63, 3.8) is 0 Å². The Morgan fingerprint density at radius 1 is 1.08 bits per heavy atom. The molecule has 0 aliphatic heterocycles. The fourth-order valence-corrected chi connectivity index (χ4v) is 3.07. The molecule has 0 radical (unpaired) electrons. The van der Waals surface area contributed by atoms with Crippen LogP contribution in [0.4, 0.5) is 5.69 Å². The monoisotopic (exact) mass is 364 g/mol. The molecule has 3 aromatic rings. The minimum atomic E-state index is -0.460. The van der Waals surface area contributed by atoms with Gasteiger partial charge in [0.05, 0.1) is 7.11 Å². The van der Waals surface area contributed by atoms with Gasteiger partial charge in [-0.15, -0.1) is 11.3 Å². The van der Waals surface area contributed by atoms with Gasteiger partial charge in [-0.05, 0) is 17.7 Å². The van der Waals surface area contributed by atoms with Gasteiger partial charge in [-0.2, -0.15) is 0 Å². The summed E-state index contributed by atoms with van der Waals surface area (Å²) < 4.78 is 4.59. The highest BCUT2D eigenvalue weighted by Crippen LogP contribution is 2.24. The maximum atomic E-state index is 12.5. The van der Waals surface area contributed by atoms with Gasteiger partial charge in [0, 0.05) is 22.7 Å². The van der Waals surface area contributed by atoms with Crippen molar-refractivity contribution in [1.29, 1.82) is 0 Å². The first-order chi connectivity index (χ1) is 12.7. The Labute approximate surface area is 155 Å². The lowest BCUT2D eigenvalue weighted by Gasteiger charge is -2.07. The van der Waals surface area contributed by atoms with Crippen LogP contribution < -0.4 is 5.32 Å². The second-order valence-corrected chi connectivity index (χ2v) is 6.16. The van der Waals surface area contributed by atoms with Gasteiger partial charge in [-0.3, -0.25) is 4.79 Å². The molecule has 0 unspecified atom stereocenters. The van der Waals surface area contributed by atoms with Crippen LogP contribution >= 0.6 is 11.3 Å². The largest absolute Gasteiger partial charge is 0.466 e. The molecule has 2 aromatic carbocycles. The minimum Gasteiger partial charge on any atom is -0.466 e. The zero-order chi connectivity index (χ0) is 18.4. The number of carbonyl (C=O) groups is 2. The number of benzene rings is 2. The van der Waals surface area contributed by atoms with Gasteiger partial charge in [0.25, 0.3) is 5.91 Å². The molecule has 0 spiro atoms. The molecule has 130 valence electrons. The molecular formula is C20H16N2O3S. The Morgan fingerprint density at radius 3 is 2.58 bits per heavy atom. The predicted octanol–water partition coefficient (Wildman–Crippen LogP) is 4.25. The highest BCUT2D eigenvalue weighted by atomic mass is 32.1. The number of nitrogens with one attached hydrogen (secondary N) is 1. The number of esters is 1. The molecule has 1 heterocycles. The molecule has 0 saturated carbocycles. The SMILES string of the molecule is COC(=O)/C=C/c1ccccc1NC(=O)c1csc(-c2ccccc2)n1. The van der Waals surface area contributed by atoms with Crippen molar-refractivity contribution in [3.8, 4) is 10.6 Å². The van der Waals surface area contributed by atoms with Crippen LogP contribution in [0.15, 0.2) is 66.1 Å². The Morgan fingerprint density at radius 2 is 1.81 bits per heavy atom. The molecule has 3 rings (SSSR count). The first kappa shape index (κ1) is 17.6. The summed E-state index contributed by atoms with van der Waals surface area (Å²) in [7, 11) is 1.31. The third-order valence-electron chi connectivity index (χ3n) is 3.57. The number of hydrogen-bond acceptors (Lipinski definition) is 5. The first-order valence-corrected chi connectivity index (χ1v) is 8.72. The Bertz CT molecular complexity index is 948. The Hall–Kier alpha value is -3.25. The van der Waals surface area contributed by atoms with Crippen molar-refractivity contribution < 1.29 is 14.3 Å². The highest BCUT2D eigenvalue weighted by molar-refractivity contribution is 7.13. The molecule has 1 amide bonds. The summed E-state index contributed by atoms with van der Waals surface area (Å²) in [6.07, 6.45) is 2.90. The van der Waals surface area contributed by atoms with E-state index in [2.05, 4.69) is 15.0 Å². The van der Waals surface area contributed by atoms with E-state index in [1.54, 1.807) is 23.6 Å². The van der Waals surface area contributed by atoms with E-state index in [0.717, 1.165) is 10.6 Å². The average Bonchev–Trinajstić information content (AvgIpc) is 3.18. The molecule has 6 heteroatoms. The number of para-hydroxylation sites is 1. The maximum Gasteiger partial charge on any atom is 0.330 e. The molecular weight excluding hydrogens is 348 g/mol. The lowest BCUT2D eigenvalue weighted by Crippen LogP contribution is -2.13. The second kappa shape index (κ2) is 8.22. The number of methoxy groups -OCH3 is 1. The van der Waals surface area contributed by atoms with E-state index >= 15 is 0 Å². The van der Waals surface area contributed by atoms with Crippen LogP contribution in [0.25, 0.3) is 16.6 Å². The van der Waals surface area contributed by atoms with Gasteiger partial charge in [0.15, 0.2) is 0 Å². The summed E-state index contributed by atoms with van der Waals surface area (Å²) in [4.78, 5) is 28.2. The van der Waals surface area contributed by atoms with Gasteiger partial charge < -0.3 is 10.1 Å². The van der Waals surface area contributed by atoms with Gasteiger partial charge in [0.2, 0.25) is 0 Å². The fourth-order valence-electron chi connectivity index (χ4n) is 2.26. The van der Waals surface area contributed by atoms with Crippen molar-refractivity contribution in [2.45, 2.75) is 0 Å². The molecule has 5 nitrogen and oxygen atoms in total. The number of ether oxygens (including phenoxy) is 1. The molecule has 1 aromatic heterocycles. The summed E-state index contributed by atoms with van der Waals surface area (Å²) in [5, 5.41) is 5.35. The first-order valence-electron chi connectivity index (χ1n) is 7.85. The zero-order valence-corrected chi connectivity index (χ0v) is 14.8. The van der Waals surface area contributed by atoms with Crippen LogP contribution in [-0.4, -0.2) is 24.0 Å². The molecule has 0 bridgehead atoms. The molecule has 0 atom stereocenters. The summed E-state index contributed by atoms with van der Waals surface area (Å²) >= 11 is 1.42. The van der Waals surface area contributed by atoms with E-state index in [0.29, 0.717) is 16.9 Å². The highest BCUT2D eigenvalue weighted by Gasteiger charge is 2.13. The van der Waals surface area contributed by atoms with Crippen molar-refractivity contribution >= 4 is 35.0 Å². The number of anilines is 1. The van der Waals surface area contributed by atoms with Gasteiger partial charge in [0.1, 0.15) is 10.7 Å². The van der Waals surface area contributed by atoms with Crippen molar-refractivity contribution in [2.24, 2.45) is 0 Å². The predicted molar refractivity (Wildman–Crippen MR) is 103 cm³/mol. The number of hydrogen-bond donors (Lipinski definition) is 1. The number of thiazole rings is 1. The normalized spacial score (nSPS) is 10.7. The van der Waals surface area contributed by atoms with Crippen molar-refractivity contribution in [3.05, 3.63) is 77.3 Å². The third kappa shape index (κ3) is 4.23. The van der Waals surface area contributed by atoms with Crippen molar-refractivity contribution in [2.75, 3.05) is 12.4 Å². The lowest BCUT2D eigenvalue weighted by molar-refractivity contribution is -0.134. The third-order valence-corrected chi connectivity index (χ3v) is 4.46. The van der Waals surface area contributed by atoms with E-state index in [9.17, 15) is 9.59 Å². The summed E-state index contributed by atoms with van der Waals surface area (Å²) in [5.41, 5.74) is 2.61. The van der Waals surface area contributed by atoms with Crippen LogP contribution in [-0.2, 0) is 9.53 Å². The standard InChI is InChI=1S/C20H16N2O3S/c1-25-18(23)12-11-14-7-5-6-10-16(14)21-19(24)17-13-26-20(22-17)15-8-3-2-4-9-15/h2-13H,1H3,(H,21,24)/b12-11+. The van der Waals surface area contributed by atoms with E-state index in [4.69, 9.17) is 0 Å². The molecule has 0 aliphatic carbocycles. The smallest absolute Gasteiger partial charge is 0.330 e. The van der Waals surface area contributed by atoms with Gasteiger partial charge >= 0.3 is 5.97 Å². The number of rotatable bonds is 5. The Kier molecular flexibility index (Phi) is 5.56. The average molecular weight is 364 g/mol. The number of nitrogens with zero attached hydrogens (tertiary/aromatic N) is 1. The van der Waals surface area contributed by atoms with Crippen LogP contribution in [0.2, 0.25) is 0 Å². The minimum absolute atomic E-state index is 0.303. The molecule has 0 saturated heterocycles. The summed E-state index contributed by atoms with van der Waals surface area (Å²) in [6, 6.07) is 16.9. The molecule has 0 fully saturated rings. The molecule has 26 heavy (non-hydrogen) atoms. The molecule has 0 aliphatic rings. The van der Waals surface area contributed by atoms with Crippen molar-refractivity contribution in [1.82, 2.24) is 4.98 Å². The zero-order valence-electron chi connectivity index (χ0n) is 14.0. The van der Waals surface area contributed by atoms with E-state index < -0.39 is 5.97 Å². The maximum absolute atomic E-state index is 12.5. The molecule has 1 N–H and O–H groups in total. The quantitative estimate of drug-likeness (QED) is 0.543. The van der Waals surface area contributed by atoms with Gasteiger partial charge in [-0.1, -0.05) is 48.5 Å². The summed E-state index contributed by atoms with van der Waals surface area (Å²) in [5.74, 6) is -0.763.